The molecular formula is C40H67N5O8. The van der Waals surface area contributed by atoms with E-state index in [1.807, 2.05) is 47.6 Å². The van der Waals surface area contributed by atoms with Gasteiger partial charge in [-0.05, 0) is 38.1 Å². The van der Waals surface area contributed by atoms with Gasteiger partial charge in [0.25, 0.3) is 0 Å². The SMILES string of the molecule is CC[C@H](C)[C@@H]([C@@H](CC(=O)N1C[C@H](OC)C[C@H]1[C@H](OC)[C@@H](C)C(=O)N[C@H](C)C(=O)c1ccccc1)OC)N(C)C(=O)[C@@H](NC(=O)[C@@H](NC)C(C)C)C(C)C. The molecule has 4 amide bonds. The second-order valence-electron chi connectivity index (χ2n) is 15.2. The Morgan fingerprint density at radius 3 is 1.96 bits per heavy atom. The third kappa shape index (κ3) is 11.8. The Hall–Kier alpha value is -3.39. The molecule has 1 saturated heterocycles. The van der Waals surface area contributed by atoms with Crippen LogP contribution in [0.25, 0.3) is 0 Å². The second-order valence-corrected chi connectivity index (χ2v) is 15.2. The van der Waals surface area contributed by atoms with Crippen molar-refractivity contribution in [2.45, 2.75) is 123 Å². The Balaban J connectivity index is 2.32. The molecule has 2 rings (SSSR count). The summed E-state index contributed by atoms with van der Waals surface area (Å²) in [6.07, 6.45) is -0.536. The Labute approximate surface area is 317 Å². The van der Waals surface area contributed by atoms with Crippen LogP contribution in [0.15, 0.2) is 30.3 Å². The number of nitrogens with one attached hydrogen (secondary N) is 3. The Morgan fingerprint density at radius 2 is 1.47 bits per heavy atom. The summed E-state index contributed by atoms with van der Waals surface area (Å²) in [6, 6.07) is 5.78. The van der Waals surface area contributed by atoms with E-state index in [-0.39, 0.29) is 59.7 Å². The number of carbonyl (C=O) groups is 5. The van der Waals surface area contributed by atoms with Gasteiger partial charge < -0.3 is 40.0 Å². The van der Waals surface area contributed by atoms with Crippen LogP contribution in [-0.4, -0.2) is 130 Å². The summed E-state index contributed by atoms with van der Waals surface area (Å²) in [6.45, 7) is 15.4. The standard InChI is InChI=1S/C40H67N5O8/c1-14-25(6)35(44(10)40(50)34(24(4)5)43-39(49)33(41-9)23(2)3)31(52-12)21-32(46)45-22-29(51-11)20-30(45)37(53-13)26(7)38(48)42-27(8)36(47)28-18-16-15-17-19-28/h15-19,23-27,29-31,33-35,37,41H,14,20-22H2,1-13H3,(H,42,48)(H,43,49)/t25-,26+,27+,29+,30-,31+,33-,34-,35-,37+/m0/s1. The molecule has 1 aliphatic rings. The highest BCUT2D eigenvalue weighted by atomic mass is 16.5. The molecule has 0 bridgehead atoms. The van der Waals surface area contributed by atoms with Crippen molar-refractivity contribution in [2.75, 3.05) is 42.0 Å². The van der Waals surface area contributed by atoms with E-state index in [9.17, 15) is 24.0 Å². The molecule has 0 unspecified atom stereocenters. The summed E-state index contributed by atoms with van der Waals surface area (Å²) < 4.78 is 17.6. The van der Waals surface area contributed by atoms with Crippen molar-refractivity contribution in [2.24, 2.45) is 23.7 Å². The summed E-state index contributed by atoms with van der Waals surface area (Å²) in [5.74, 6) is -2.24. The number of amides is 4. The number of rotatable bonds is 21. The molecule has 10 atom stereocenters. The lowest BCUT2D eigenvalue weighted by molar-refractivity contribution is -0.148. The monoisotopic (exact) mass is 745 g/mol. The minimum absolute atomic E-state index is 0.0204. The molecule has 1 aromatic rings. The zero-order chi connectivity index (χ0) is 40.2. The second kappa shape index (κ2) is 21.5. The summed E-state index contributed by atoms with van der Waals surface area (Å²) >= 11 is 0. The highest BCUT2D eigenvalue weighted by molar-refractivity contribution is 6.01. The van der Waals surface area contributed by atoms with E-state index in [2.05, 4.69) is 16.0 Å². The number of methoxy groups -OCH3 is 3. The number of ketones is 1. The number of carbonyl (C=O) groups excluding carboxylic acids is 5. The Morgan fingerprint density at radius 1 is 0.868 bits per heavy atom. The van der Waals surface area contributed by atoms with E-state index < -0.39 is 48.3 Å². The number of likely N-dealkylation sites (N-methyl/N-ethyl adjacent to an activating group) is 2. The molecule has 1 fully saturated rings. The van der Waals surface area contributed by atoms with Gasteiger partial charge in [-0.15, -0.1) is 0 Å². The number of ether oxygens (including phenoxy) is 3. The lowest BCUT2D eigenvalue weighted by Crippen LogP contribution is -2.59. The van der Waals surface area contributed by atoms with Crippen molar-refractivity contribution in [3.63, 3.8) is 0 Å². The predicted octanol–water partition coefficient (Wildman–Crippen LogP) is 3.30. The van der Waals surface area contributed by atoms with Gasteiger partial charge in [-0.25, -0.2) is 0 Å². The zero-order valence-corrected chi connectivity index (χ0v) is 34.3. The molecule has 13 heteroatoms. The first-order chi connectivity index (χ1) is 25.0. The lowest BCUT2D eigenvalue weighted by atomic mass is 9.89. The first-order valence-corrected chi connectivity index (χ1v) is 19.0. The van der Waals surface area contributed by atoms with Crippen LogP contribution in [0.5, 0.6) is 0 Å². The van der Waals surface area contributed by atoms with Gasteiger partial charge in [0.15, 0.2) is 5.78 Å². The van der Waals surface area contributed by atoms with Gasteiger partial charge in [0.2, 0.25) is 23.6 Å². The van der Waals surface area contributed by atoms with E-state index in [1.54, 1.807) is 69.1 Å². The maximum atomic E-state index is 14.3. The summed E-state index contributed by atoms with van der Waals surface area (Å²) in [7, 11) is 8.07. The van der Waals surface area contributed by atoms with Crippen LogP contribution in [0.2, 0.25) is 0 Å². The Bertz CT molecular complexity index is 1340. The highest BCUT2D eigenvalue weighted by Gasteiger charge is 2.46. The summed E-state index contributed by atoms with van der Waals surface area (Å²) in [4.78, 5) is 71.5. The predicted molar refractivity (Wildman–Crippen MR) is 205 cm³/mol. The number of benzene rings is 1. The maximum Gasteiger partial charge on any atom is 0.245 e. The number of hydrogen-bond donors (Lipinski definition) is 3. The third-order valence-electron chi connectivity index (χ3n) is 10.9. The van der Waals surface area contributed by atoms with Gasteiger partial charge in [0.05, 0.1) is 54.8 Å². The largest absolute Gasteiger partial charge is 0.380 e. The molecule has 0 aliphatic carbocycles. The fraction of sp³-hybridized carbons (Fsp3) is 0.725. The third-order valence-corrected chi connectivity index (χ3v) is 10.9. The quantitative estimate of drug-likeness (QED) is 0.161. The first kappa shape index (κ1) is 45.8. The van der Waals surface area contributed by atoms with Crippen LogP contribution in [0, 0.1) is 23.7 Å². The van der Waals surface area contributed by atoms with Gasteiger partial charge in [-0.3, -0.25) is 24.0 Å². The van der Waals surface area contributed by atoms with Gasteiger partial charge in [-0.2, -0.15) is 0 Å². The molecule has 0 spiro atoms. The molecule has 53 heavy (non-hydrogen) atoms. The van der Waals surface area contributed by atoms with Gasteiger partial charge in [0.1, 0.15) is 6.04 Å². The van der Waals surface area contributed by atoms with Crippen LogP contribution in [0.4, 0.5) is 0 Å². The molecular weight excluding hydrogens is 678 g/mol. The number of Topliss-reactive ketones (excluding diaryl/α,β-unsaturated/α-hetero) is 1. The van der Waals surface area contributed by atoms with Crippen LogP contribution < -0.4 is 16.0 Å². The molecule has 1 aliphatic heterocycles. The molecule has 0 saturated carbocycles. The smallest absolute Gasteiger partial charge is 0.245 e. The van der Waals surface area contributed by atoms with Gasteiger partial charge in [-0.1, -0.05) is 85.2 Å². The van der Waals surface area contributed by atoms with E-state index >= 15 is 0 Å². The van der Waals surface area contributed by atoms with Crippen molar-refractivity contribution < 1.29 is 38.2 Å². The topological polar surface area (TPSA) is 156 Å². The Kier molecular flexibility index (Phi) is 18.6. The summed E-state index contributed by atoms with van der Waals surface area (Å²) in [5.41, 5.74) is 0.500. The lowest BCUT2D eigenvalue weighted by Gasteiger charge is -2.41. The molecule has 1 heterocycles. The molecule has 300 valence electrons. The van der Waals surface area contributed by atoms with Crippen molar-refractivity contribution in [1.29, 1.82) is 0 Å². The van der Waals surface area contributed by atoms with Crippen LogP contribution in [0.1, 0.15) is 85.0 Å². The highest BCUT2D eigenvalue weighted by Crippen LogP contribution is 2.31. The van der Waals surface area contributed by atoms with Crippen molar-refractivity contribution in [3.8, 4) is 0 Å². The van der Waals surface area contributed by atoms with Crippen molar-refractivity contribution >= 4 is 29.4 Å². The van der Waals surface area contributed by atoms with Gasteiger partial charge in [0, 0.05) is 40.5 Å². The minimum atomic E-state index is -0.784. The fourth-order valence-electron chi connectivity index (χ4n) is 7.46. The molecule has 3 N–H and O–H groups in total. The van der Waals surface area contributed by atoms with E-state index in [0.717, 1.165) is 0 Å². The van der Waals surface area contributed by atoms with E-state index in [4.69, 9.17) is 14.2 Å². The van der Waals surface area contributed by atoms with Crippen molar-refractivity contribution in [1.82, 2.24) is 25.8 Å². The van der Waals surface area contributed by atoms with Crippen molar-refractivity contribution in [3.05, 3.63) is 35.9 Å². The molecule has 13 nitrogen and oxygen atoms in total. The van der Waals surface area contributed by atoms with Gasteiger partial charge >= 0.3 is 0 Å². The van der Waals surface area contributed by atoms with Crippen LogP contribution >= 0.6 is 0 Å². The normalized spacial score (nSPS) is 20.5. The minimum Gasteiger partial charge on any atom is -0.380 e. The average molecular weight is 746 g/mol. The summed E-state index contributed by atoms with van der Waals surface area (Å²) in [5, 5.41) is 8.86. The fourth-order valence-corrected chi connectivity index (χ4v) is 7.46. The molecule has 1 aromatic carbocycles. The first-order valence-electron chi connectivity index (χ1n) is 19.0. The van der Waals surface area contributed by atoms with Crippen LogP contribution in [-0.2, 0) is 33.4 Å². The average Bonchev–Trinajstić information content (AvgIpc) is 3.57. The number of likely N-dealkylation sites (tertiary alicyclic amines) is 1. The maximum absolute atomic E-state index is 14.3. The zero-order valence-electron chi connectivity index (χ0n) is 34.3. The van der Waals surface area contributed by atoms with E-state index in [0.29, 0.717) is 24.9 Å². The number of nitrogens with zero attached hydrogens (tertiary/aromatic N) is 2. The molecule has 0 radical (unpaired) electrons. The number of hydrogen-bond acceptors (Lipinski definition) is 9. The van der Waals surface area contributed by atoms with E-state index in [1.165, 1.54) is 14.2 Å². The van der Waals surface area contributed by atoms with Crippen LogP contribution in [0.3, 0.4) is 0 Å². The molecule has 0 aromatic heterocycles.